The Morgan fingerprint density at radius 2 is 2.50 bits per heavy atom. The summed E-state index contributed by atoms with van der Waals surface area (Å²) in [6.45, 7) is 1.48. The van der Waals surface area contributed by atoms with Gasteiger partial charge in [-0.05, 0) is 12.8 Å². The predicted molar refractivity (Wildman–Crippen MR) is 64.1 cm³/mol. The number of likely N-dealkylation sites (tertiary alicyclic amines) is 1. The maximum Gasteiger partial charge on any atom is 0.248 e. The minimum Gasteiger partial charge on any atom is -0.472 e. The molecule has 98 valence electrons. The lowest BCUT2D eigenvalue weighted by Gasteiger charge is -2.32. The van der Waals surface area contributed by atoms with Crippen molar-refractivity contribution in [2.45, 2.75) is 18.9 Å². The molecule has 6 nitrogen and oxygen atoms in total. The summed E-state index contributed by atoms with van der Waals surface area (Å²) in [6, 6.07) is 1.72. The number of nitrogens with zero attached hydrogens (tertiary/aromatic N) is 3. The predicted octanol–water partition coefficient (Wildman–Crippen LogP) is 0.493. The Morgan fingerprint density at radius 1 is 1.61 bits per heavy atom. The van der Waals surface area contributed by atoms with E-state index in [1.165, 1.54) is 13.4 Å². The summed E-state index contributed by atoms with van der Waals surface area (Å²) >= 11 is 0. The van der Waals surface area contributed by atoms with Crippen LogP contribution in [0, 0.1) is 0 Å². The first-order valence-corrected chi connectivity index (χ1v) is 5.99. The number of methoxy groups -OCH3 is 1. The number of carbonyl (C=O) groups is 1. The molecule has 6 heteroatoms. The summed E-state index contributed by atoms with van der Waals surface area (Å²) < 4.78 is 10.6. The first kappa shape index (κ1) is 12.8. The third-order valence-electron chi connectivity index (χ3n) is 2.84. The van der Waals surface area contributed by atoms with Crippen LogP contribution in [0.1, 0.15) is 12.8 Å². The Kier molecular flexibility index (Phi) is 4.46. The maximum atomic E-state index is 11.7. The lowest BCUT2D eigenvalue weighted by atomic mass is 10.1. The van der Waals surface area contributed by atoms with Crippen LogP contribution in [-0.2, 0) is 9.53 Å². The van der Waals surface area contributed by atoms with E-state index in [0.29, 0.717) is 12.4 Å². The smallest absolute Gasteiger partial charge is 0.248 e. The van der Waals surface area contributed by atoms with E-state index in [0.717, 1.165) is 19.4 Å². The van der Waals surface area contributed by atoms with E-state index in [4.69, 9.17) is 9.47 Å². The van der Waals surface area contributed by atoms with Crippen molar-refractivity contribution in [2.75, 3.05) is 26.8 Å². The molecule has 1 aliphatic rings. The van der Waals surface area contributed by atoms with Gasteiger partial charge in [0.05, 0.1) is 6.54 Å². The van der Waals surface area contributed by atoms with Crippen molar-refractivity contribution in [3.63, 3.8) is 0 Å². The SMILES string of the molecule is COCC(=O)N1CCCC(Oc2ccncn2)C1. The van der Waals surface area contributed by atoms with E-state index in [-0.39, 0.29) is 18.6 Å². The number of amides is 1. The highest BCUT2D eigenvalue weighted by Crippen LogP contribution is 2.16. The first-order chi connectivity index (χ1) is 8.79. The van der Waals surface area contributed by atoms with Crippen molar-refractivity contribution < 1.29 is 14.3 Å². The number of hydrogen-bond donors (Lipinski definition) is 0. The summed E-state index contributed by atoms with van der Waals surface area (Å²) in [5.41, 5.74) is 0. The third-order valence-corrected chi connectivity index (χ3v) is 2.84. The highest BCUT2D eigenvalue weighted by Gasteiger charge is 2.24. The second-order valence-corrected chi connectivity index (χ2v) is 4.20. The van der Waals surface area contributed by atoms with E-state index in [9.17, 15) is 4.79 Å². The topological polar surface area (TPSA) is 64.5 Å². The van der Waals surface area contributed by atoms with E-state index >= 15 is 0 Å². The average Bonchev–Trinajstić information content (AvgIpc) is 2.40. The molecular formula is C12H17N3O3. The van der Waals surface area contributed by atoms with E-state index in [1.54, 1.807) is 17.2 Å². The van der Waals surface area contributed by atoms with Gasteiger partial charge in [-0.2, -0.15) is 0 Å². The Balaban J connectivity index is 1.89. The van der Waals surface area contributed by atoms with Gasteiger partial charge in [0.1, 0.15) is 19.0 Å². The lowest BCUT2D eigenvalue weighted by molar-refractivity contribution is -0.137. The van der Waals surface area contributed by atoms with Crippen LogP contribution >= 0.6 is 0 Å². The van der Waals surface area contributed by atoms with Crippen molar-refractivity contribution in [1.82, 2.24) is 14.9 Å². The molecule has 0 radical (unpaired) electrons. The highest BCUT2D eigenvalue weighted by molar-refractivity contribution is 5.77. The summed E-state index contributed by atoms with van der Waals surface area (Å²) in [4.78, 5) is 21.3. The van der Waals surface area contributed by atoms with Gasteiger partial charge in [0.25, 0.3) is 0 Å². The van der Waals surface area contributed by atoms with Gasteiger partial charge in [-0.25, -0.2) is 9.97 Å². The molecule has 0 saturated carbocycles. The Hall–Kier alpha value is -1.69. The normalized spacial score (nSPS) is 19.6. The molecule has 0 N–H and O–H groups in total. The second-order valence-electron chi connectivity index (χ2n) is 4.20. The van der Waals surface area contributed by atoms with Crippen LogP contribution in [0.4, 0.5) is 0 Å². The summed E-state index contributed by atoms with van der Waals surface area (Å²) in [5, 5.41) is 0. The van der Waals surface area contributed by atoms with Crippen molar-refractivity contribution in [3.05, 3.63) is 18.6 Å². The van der Waals surface area contributed by atoms with Gasteiger partial charge >= 0.3 is 0 Å². The first-order valence-electron chi connectivity index (χ1n) is 5.99. The van der Waals surface area contributed by atoms with Crippen LogP contribution < -0.4 is 4.74 Å². The van der Waals surface area contributed by atoms with E-state index < -0.39 is 0 Å². The van der Waals surface area contributed by atoms with Crippen LogP contribution in [0.3, 0.4) is 0 Å². The minimum absolute atomic E-state index is 0.00513. The molecule has 0 aromatic carbocycles. The third kappa shape index (κ3) is 3.40. The Morgan fingerprint density at radius 3 is 3.22 bits per heavy atom. The van der Waals surface area contributed by atoms with Crippen molar-refractivity contribution in [3.8, 4) is 5.88 Å². The molecule has 0 aliphatic carbocycles. The van der Waals surface area contributed by atoms with Gasteiger partial charge in [0.15, 0.2) is 0 Å². The summed E-state index contributed by atoms with van der Waals surface area (Å²) in [5.74, 6) is 0.560. The number of aromatic nitrogens is 2. The monoisotopic (exact) mass is 251 g/mol. The summed E-state index contributed by atoms with van der Waals surface area (Å²) in [7, 11) is 1.52. The fourth-order valence-electron chi connectivity index (χ4n) is 1.99. The lowest BCUT2D eigenvalue weighted by Crippen LogP contribution is -2.45. The van der Waals surface area contributed by atoms with Crippen LogP contribution in [0.25, 0.3) is 0 Å². The van der Waals surface area contributed by atoms with Crippen LogP contribution in [0.15, 0.2) is 18.6 Å². The molecule has 1 atom stereocenters. The van der Waals surface area contributed by atoms with Gasteiger partial charge in [-0.1, -0.05) is 0 Å². The minimum atomic E-state index is -0.00513. The maximum absolute atomic E-state index is 11.7. The zero-order valence-electron chi connectivity index (χ0n) is 10.4. The summed E-state index contributed by atoms with van der Waals surface area (Å²) in [6.07, 6.45) is 4.95. The largest absolute Gasteiger partial charge is 0.472 e. The quantitative estimate of drug-likeness (QED) is 0.779. The molecule has 1 unspecified atom stereocenters. The molecule has 0 spiro atoms. The van der Waals surface area contributed by atoms with Crippen molar-refractivity contribution in [1.29, 1.82) is 0 Å². The number of hydrogen-bond acceptors (Lipinski definition) is 5. The van der Waals surface area contributed by atoms with Gasteiger partial charge in [-0.3, -0.25) is 4.79 Å². The molecule has 2 rings (SSSR count). The molecule has 1 aromatic rings. The highest BCUT2D eigenvalue weighted by atomic mass is 16.5. The van der Waals surface area contributed by atoms with Crippen molar-refractivity contribution >= 4 is 5.91 Å². The fourth-order valence-corrected chi connectivity index (χ4v) is 1.99. The number of ether oxygens (including phenoxy) is 2. The Bertz CT molecular complexity index is 385. The van der Waals surface area contributed by atoms with Gasteiger partial charge in [0, 0.05) is 25.9 Å². The van der Waals surface area contributed by atoms with Crippen LogP contribution in [0.2, 0.25) is 0 Å². The van der Waals surface area contributed by atoms with Crippen LogP contribution in [-0.4, -0.2) is 53.7 Å². The molecule has 1 amide bonds. The number of rotatable bonds is 4. The Labute approximate surface area is 106 Å². The molecule has 1 saturated heterocycles. The van der Waals surface area contributed by atoms with Crippen LogP contribution in [0.5, 0.6) is 5.88 Å². The van der Waals surface area contributed by atoms with E-state index in [2.05, 4.69) is 9.97 Å². The van der Waals surface area contributed by atoms with Gasteiger partial charge in [-0.15, -0.1) is 0 Å². The van der Waals surface area contributed by atoms with E-state index in [1.807, 2.05) is 0 Å². The zero-order chi connectivity index (χ0) is 12.8. The number of piperidine rings is 1. The van der Waals surface area contributed by atoms with Crippen molar-refractivity contribution in [2.24, 2.45) is 0 Å². The fraction of sp³-hybridized carbons (Fsp3) is 0.583. The molecule has 1 aromatic heterocycles. The second kappa shape index (κ2) is 6.30. The number of carbonyl (C=O) groups excluding carboxylic acids is 1. The standard InChI is InChI=1S/C12H17N3O3/c1-17-8-12(16)15-6-2-3-10(7-15)18-11-4-5-13-9-14-11/h4-5,9-10H,2-3,6-8H2,1H3. The molecule has 1 fully saturated rings. The zero-order valence-corrected chi connectivity index (χ0v) is 10.4. The molecular weight excluding hydrogens is 234 g/mol. The molecule has 0 bridgehead atoms. The average molecular weight is 251 g/mol. The van der Waals surface area contributed by atoms with Gasteiger partial charge in [0.2, 0.25) is 11.8 Å². The molecule has 2 heterocycles. The molecule has 1 aliphatic heterocycles. The van der Waals surface area contributed by atoms with Gasteiger partial charge < -0.3 is 14.4 Å². The molecule has 18 heavy (non-hydrogen) atoms.